The lowest BCUT2D eigenvalue weighted by Gasteiger charge is -2.14. The summed E-state index contributed by atoms with van der Waals surface area (Å²) in [5.41, 5.74) is 5.13. The van der Waals surface area contributed by atoms with E-state index in [9.17, 15) is 4.79 Å². The largest absolute Gasteiger partial charge is 0.483 e. The van der Waals surface area contributed by atoms with Crippen molar-refractivity contribution < 1.29 is 9.53 Å². The molecule has 0 radical (unpaired) electrons. The Bertz CT molecular complexity index is 752. The molecule has 0 aliphatic heterocycles. The van der Waals surface area contributed by atoms with Gasteiger partial charge in [-0.05, 0) is 68.2 Å². The lowest BCUT2D eigenvalue weighted by atomic mass is 10.1. The van der Waals surface area contributed by atoms with Crippen LogP contribution in [0.2, 0.25) is 0 Å². The van der Waals surface area contributed by atoms with Crippen LogP contribution in [0.15, 0.2) is 36.4 Å². The normalized spacial score (nSPS) is 10.2. The van der Waals surface area contributed by atoms with E-state index in [2.05, 4.69) is 10.6 Å². The lowest BCUT2D eigenvalue weighted by Crippen LogP contribution is -2.37. The summed E-state index contributed by atoms with van der Waals surface area (Å²) in [7, 11) is 0. The highest BCUT2D eigenvalue weighted by Crippen LogP contribution is 2.20. The molecule has 126 valence electrons. The molecule has 0 bridgehead atoms. The number of carbonyl (C=O) groups excluding carboxylic acids is 1. The molecule has 0 unspecified atom stereocenters. The number of carbonyl (C=O) groups is 1. The van der Waals surface area contributed by atoms with Crippen molar-refractivity contribution in [2.75, 3.05) is 11.9 Å². The predicted octanol–water partition coefficient (Wildman–Crippen LogP) is 3.81. The molecule has 0 spiro atoms. The van der Waals surface area contributed by atoms with Crippen LogP contribution >= 0.6 is 12.2 Å². The number of hydrogen-bond acceptors (Lipinski definition) is 3. The van der Waals surface area contributed by atoms with Gasteiger partial charge in [0.2, 0.25) is 0 Å². The Labute approximate surface area is 148 Å². The molecule has 0 aliphatic carbocycles. The third-order valence-electron chi connectivity index (χ3n) is 3.68. The van der Waals surface area contributed by atoms with Crippen molar-refractivity contribution in [3.8, 4) is 5.75 Å². The molecule has 0 fully saturated rings. The van der Waals surface area contributed by atoms with Crippen molar-refractivity contribution >= 4 is 28.9 Å². The summed E-state index contributed by atoms with van der Waals surface area (Å²) < 4.78 is 5.58. The maximum atomic E-state index is 12.0. The van der Waals surface area contributed by atoms with E-state index in [1.165, 1.54) is 0 Å². The summed E-state index contributed by atoms with van der Waals surface area (Å²) >= 11 is 5.21. The van der Waals surface area contributed by atoms with Gasteiger partial charge in [0.15, 0.2) is 11.7 Å². The fourth-order valence-corrected chi connectivity index (χ4v) is 2.54. The Hall–Kier alpha value is -2.40. The first kappa shape index (κ1) is 17.9. The van der Waals surface area contributed by atoms with Crippen LogP contribution in [0.1, 0.15) is 22.3 Å². The van der Waals surface area contributed by atoms with Crippen LogP contribution in [-0.2, 0) is 4.79 Å². The average Bonchev–Trinajstić information content (AvgIpc) is 2.52. The number of para-hydroxylation sites is 1. The third-order valence-corrected chi connectivity index (χ3v) is 3.88. The third kappa shape index (κ3) is 4.80. The molecule has 4 nitrogen and oxygen atoms in total. The van der Waals surface area contributed by atoms with E-state index in [-0.39, 0.29) is 17.6 Å². The average molecular weight is 342 g/mol. The van der Waals surface area contributed by atoms with E-state index in [1.54, 1.807) is 0 Å². The monoisotopic (exact) mass is 342 g/mol. The molecule has 0 atom stereocenters. The van der Waals surface area contributed by atoms with Gasteiger partial charge in [0, 0.05) is 5.69 Å². The Morgan fingerprint density at radius 3 is 2.38 bits per heavy atom. The van der Waals surface area contributed by atoms with Gasteiger partial charge < -0.3 is 10.1 Å². The summed E-state index contributed by atoms with van der Waals surface area (Å²) in [6.07, 6.45) is 0. The number of aryl methyl sites for hydroxylation is 4. The zero-order valence-corrected chi connectivity index (χ0v) is 15.2. The topological polar surface area (TPSA) is 50.4 Å². The molecular weight excluding hydrogens is 320 g/mol. The summed E-state index contributed by atoms with van der Waals surface area (Å²) in [5, 5.41) is 5.98. The zero-order valence-electron chi connectivity index (χ0n) is 14.4. The van der Waals surface area contributed by atoms with Gasteiger partial charge in [-0.2, -0.15) is 0 Å². The van der Waals surface area contributed by atoms with Crippen LogP contribution in [0.4, 0.5) is 5.69 Å². The summed E-state index contributed by atoms with van der Waals surface area (Å²) in [6, 6.07) is 11.8. The molecule has 24 heavy (non-hydrogen) atoms. The molecule has 0 heterocycles. The minimum atomic E-state index is -0.292. The van der Waals surface area contributed by atoms with Crippen LogP contribution in [0.3, 0.4) is 0 Å². The van der Waals surface area contributed by atoms with Gasteiger partial charge in [-0.15, -0.1) is 0 Å². The van der Waals surface area contributed by atoms with E-state index in [4.69, 9.17) is 17.0 Å². The van der Waals surface area contributed by atoms with Crippen molar-refractivity contribution in [1.29, 1.82) is 0 Å². The molecule has 1 amide bonds. The van der Waals surface area contributed by atoms with Crippen LogP contribution in [0.5, 0.6) is 5.75 Å². The number of amides is 1. The van der Waals surface area contributed by atoms with Crippen molar-refractivity contribution in [1.82, 2.24) is 5.32 Å². The van der Waals surface area contributed by atoms with Crippen molar-refractivity contribution in [3.05, 3.63) is 58.7 Å². The van der Waals surface area contributed by atoms with Crippen LogP contribution < -0.4 is 15.4 Å². The van der Waals surface area contributed by atoms with Gasteiger partial charge in [-0.25, -0.2) is 0 Å². The van der Waals surface area contributed by atoms with Crippen molar-refractivity contribution in [3.63, 3.8) is 0 Å². The maximum Gasteiger partial charge on any atom is 0.264 e. The number of benzene rings is 2. The van der Waals surface area contributed by atoms with Crippen molar-refractivity contribution in [2.45, 2.75) is 27.7 Å². The van der Waals surface area contributed by atoms with Gasteiger partial charge in [0.25, 0.3) is 5.91 Å². The second kappa shape index (κ2) is 7.93. The minimum Gasteiger partial charge on any atom is -0.483 e. The molecule has 2 aromatic carbocycles. The van der Waals surface area contributed by atoms with E-state index in [0.29, 0.717) is 5.75 Å². The predicted molar refractivity (Wildman–Crippen MR) is 102 cm³/mol. The zero-order chi connectivity index (χ0) is 17.7. The summed E-state index contributed by atoms with van der Waals surface area (Å²) in [5.74, 6) is 0.415. The summed E-state index contributed by atoms with van der Waals surface area (Å²) in [4.78, 5) is 12.0. The second-order valence-electron chi connectivity index (χ2n) is 5.83. The molecule has 2 N–H and O–H groups in total. The van der Waals surface area contributed by atoms with E-state index >= 15 is 0 Å². The highest BCUT2D eigenvalue weighted by molar-refractivity contribution is 7.80. The Morgan fingerprint density at radius 2 is 1.71 bits per heavy atom. The lowest BCUT2D eigenvalue weighted by molar-refractivity contribution is -0.121. The Morgan fingerprint density at radius 1 is 1.04 bits per heavy atom. The number of rotatable bonds is 4. The van der Waals surface area contributed by atoms with Gasteiger partial charge in [0.1, 0.15) is 5.75 Å². The second-order valence-corrected chi connectivity index (χ2v) is 6.23. The van der Waals surface area contributed by atoms with Gasteiger partial charge in [-0.3, -0.25) is 10.1 Å². The summed E-state index contributed by atoms with van der Waals surface area (Å²) in [6.45, 7) is 7.82. The van der Waals surface area contributed by atoms with Crippen LogP contribution in [0.25, 0.3) is 0 Å². The fraction of sp³-hybridized carbons (Fsp3) is 0.263. The van der Waals surface area contributed by atoms with Crippen LogP contribution in [-0.4, -0.2) is 17.6 Å². The van der Waals surface area contributed by atoms with Crippen LogP contribution in [0, 0.1) is 27.7 Å². The number of nitrogens with one attached hydrogen (secondary N) is 2. The first-order valence-electron chi connectivity index (χ1n) is 7.74. The van der Waals surface area contributed by atoms with Gasteiger partial charge in [0.05, 0.1) is 0 Å². The molecule has 2 rings (SSSR count). The SMILES string of the molecule is Cc1ccc(C)c(OCC(=O)NC(=S)Nc2c(C)cccc2C)c1. The Kier molecular flexibility index (Phi) is 5.93. The molecule has 2 aromatic rings. The Balaban J connectivity index is 1.90. The number of anilines is 1. The van der Waals surface area contributed by atoms with Gasteiger partial charge in [-0.1, -0.05) is 30.3 Å². The number of thiocarbonyl (C=S) groups is 1. The van der Waals surface area contributed by atoms with Crippen molar-refractivity contribution in [2.24, 2.45) is 0 Å². The highest BCUT2D eigenvalue weighted by Gasteiger charge is 2.09. The molecule has 0 saturated heterocycles. The van der Waals surface area contributed by atoms with E-state index in [1.807, 2.05) is 64.1 Å². The minimum absolute atomic E-state index is 0.0845. The smallest absolute Gasteiger partial charge is 0.264 e. The first-order valence-corrected chi connectivity index (χ1v) is 8.14. The standard InChI is InChI=1S/C19H22N2O2S/c1-12-8-9-13(2)16(10-12)23-11-17(22)20-19(24)21-18-14(3)6-5-7-15(18)4/h5-10H,11H2,1-4H3,(H2,20,21,22,24). The fourth-order valence-electron chi connectivity index (χ4n) is 2.33. The number of hydrogen-bond donors (Lipinski definition) is 2. The first-order chi connectivity index (χ1) is 11.4. The van der Waals surface area contributed by atoms with E-state index < -0.39 is 0 Å². The maximum absolute atomic E-state index is 12.0. The van der Waals surface area contributed by atoms with Gasteiger partial charge >= 0.3 is 0 Å². The molecule has 0 aliphatic rings. The highest BCUT2D eigenvalue weighted by atomic mass is 32.1. The molecule has 0 aromatic heterocycles. The van der Waals surface area contributed by atoms with E-state index in [0.717, 1.165) is 27.9 Å². The number of ether oxygens (including phenoxy) is 1. The molecule has 0 saturated carbocycles. The molecule has 5 heteroatoms. The molecular formula is C19H22N2O2S. The quantitative estimate of drug-likeness (QED) is 0.830.